The van der Waals surface area contributed by atoms with Crippen LogP contribution in [0.2, 0.25) is 0 Å². The van der Waals surface area contributed by atoms with Gasteiger partial charge >= 0.3 is 6.03 Å². The Morgan fingerprint density at radius 1 is 0.806 bits per heavy atom. The molecule has 0 heterocycles. The van der Waals surface area contributed by atoms with Gasteiger partial charge < -0.3 is 16.0 Å². The van der Waals surface area contributed by atoms with Crippen molar-refractivity contribution in [1.29, 1.82) is 0 Å². The predicted octanol–water partition coefficient (Wildman–Crippen LogP) is 4.68. The first-order valence-corrected chi connectivity index (χ1v) is 11.3. The van der Waals surface area contributed by atoms with Gasteiger partial charge in [0.1, 0.15) is 0 Å². The average molecular weight is 438 g/mol. The van der Waals surface area contributed by atoms with E-state index in [2.05, 4.69) is 16.0 Å². The van der Waals surface area contributed by atoms with E-state index in [1.807, 2.05) is 18.2 Å². The van der Waals surface area contributed by atoms with Crippen molar-refractivity contribution < 1.29 is 18.0 Å². The minimum Gasteiger partial charge on any atom is -0.322 e. The Labute approximate surface area is 181 Å². The van der Waals surface area contributed by atoms with E-state index in [1.165, 1.54) is 19.1 Å². The van der Waals surface area contributed by atoms with Crippen molar-refractivity contribution in [2.45, 2.75) is 18.7 Å². The molecule has 0 aliphatic heterocycles. The zero-order valence-corrected chi connectivity index (χ0v) is 18.0. The maximum atomic E-state index is 12.8. The second-order valence-corrected chi connectivity index (χ2v) is 9.08. The second-order valence-electron chi connectivity index (χ2n) is 6.83. The number of amides is 3. The van der Waals surface area contributed by atoms with Crippen LogP contribution < -0.4 is 16.0 Å². The quantitative estimate of drug-likeness (QED) is 0.520. The zero-order valence-electron chi connectivity index (χ0n) is 17.2. The number of para-hydroxylation sites is 1. The summed E-state index contributed by atoms with van der Waals surface area (Å²) in [6.45, 7) is 3.34. The molecule has 0 atom stereocenters. The minimum atomic E-state index is -3.56. The molecule has 0 aliphatic rings. The third-order valence-corrected chi connectivity index (χ3v) is 6.41. The molecule has 0 bridgehead atoms. The molecule has 0 spiro atoms. The van der Waals surface area contributed by atoms with Gasteiger partial charge in [0.15, 0.2) is 9.84 Å². The molecule has 0 aromatic heterocycles. The third-order valence-electron chi connectivity index (χ3n) is 4.62. The number of nitrogens with one attached hydrogen (secondary N) is 3. The maximum Gasteiger partial charge on any atom is 0.323 e. The molecule has 0 saturated carbocycles. The first kappa shape index (κ1) is 22.0. The molecule has 3 aromatic rings. The van der Waals surface area contributed by atoms with Gasteiger partial charge in [-0.25, -0.2) is 13.2 Å². The van der Waals surface area contributed by atoms with E-state index < -0.39 is 21.8 Å². The third kappa shape index (κ3) is 5.49. The standard InChI is InChI=1S/C23H23N3O4S/c1-3-31(29,30)21-12-8-7-11-19(21)22(27)26-20-15-18(14-13-16(20)2)25-23(28)24-17-9-5-4-6-10-17/h4-15H,3H2,1-2H3,(H,26,27)(H2,24,25,28). The van der Waals surface area contributed by atoms with Crippen LogP contribution in [-0.4, -0.2) is 26.1 Å². The Kier molecular flexibility index (Phi) is 6.71. The van der Waals surface area contributed by atoms with Crippen LogP contribution in [0.15, 0.2) is 77.7 Å². The van der Waals surface area contributed by atoms with Gasteiger partial charge in [0.25, 0.3) is 5.91 Å². The van der Waals surface area contributed by atoms with Crippen molar-refractivity contribution in [3.63, 3.8) is 0 Å². The van der Waals surface area contributed by atoms with Gasteiger partial charge in [-0.15, -0.1) is 0 Å². The highest BCUT2D eigenvalue weighted by Gasteiger charge is 2.21. The first-order chi connectivity index (χ1) is 14.8. The minimum absolute atomic E-state index is 0.0100. The molecule has 0 unspecified atom stereocenters. The van der Waals surface area contributed by atoms with Crippen LogP contribution >= 0.6 is 0 Å². The number of hydrogen-bond acceptors (Lipinski definition) is 4. The number of aryl methyl sites for hydroxylation is 1. The number of carbonyl (C=O) groups is 2. The Morgan fingerprint density at radius 3 is 2.16 bits per heavy atom. The highest BCUT2D eigenvalue weighted by molar-refractivity contribution is 7.91. The van der Waals surface area contributed by atoms with Crippen molar-refractivity contribution in [1.82, 2.24) is 0 Å². The first-order valence-electron chi connectivity index (χ1n) is 9.67. The van der Waals surface area contributed by atoms with E-state index >= 15 is 0 Å². The number of anilines is 3. The molecular weight excluding hydrogens is 414 g/mol. The van der Waals surface area contributed by atoms with Crippen molar-refractivity contribution in [3.05, 3.63) is 83.9 Å². The molecule has 0 saturated heterocycles. The van der Waals surface area contributed by atoms with Crippen LogP contribution in [-0.2, 0) is 9.84 Å². The second kappa shape index (κ2) is 9.44. The fraction of sp³-hybridized carbons (Fsp3) is 0.130. The average Bonchev–Trinajstić information content (AvgIpc) is 2.76. The van der Waals surface area contributed by atoms with Gasteiger partial charge in [0.2, 0.25) is 0 Å². The van der Waals surface area contributed by atoms with E-state index in [0.29, 0.717) is 17.1 Å². The number of benzene rings is 3. The highest BCUT2D eigenvalue weighted by Crippen LogP contribution is 2.23. The number of urea groups is 1. The van der Waals surface area contributed by atoms with Crippen LogP contribution in [0, 0.1) is 6.92 Å². The van der Waals surface area contributed by atoms with Crippen molar-refractivity contribution >= 4 is 38.8 Å². The topological polar surface area (TPSA) is 104 Å². The van der Waals surface area contributed by atoms with E-state index in [0.717, 1.165) is 5.56 Å². The molecule has 7 nitrogen and oxygen atoms in total. The van der Waals surface area contributed by atoms with Gasteiger partial charge in [0, 0.05) is 17.1 Å². The van der Waals surface area contributed by atoms with Gasteiger partial charge in [0.05, 0.1) is 16.2 Å². The normalized spacial score (nSPS) is 10.9. The van der Waals surface area contributed by atoms with Crippen LogP contribution in [0.1, 0.15) is 22.8 Å². The monoisotopic (exact) mass is 437 g/mol. The largest absolute Gasteiger partial charge is 0.323 e. The molecule has 8 heteroatoms. The van der Waals surface area contributed by atoms with E-state index in [4.69, 9.17) is 0 Å². The molecule has 3 aromatic carbocycles. The Hall–Kier alpha value is -3.65. The lowest BCUT2D eigenvalue weighted by Gasteiger charge is -2.14. The molecule has 0 radical (unpaired) electrons. The van der Waals surface area contributed by atoms with E-state index in [9.17, 15) is 18.0 Å². The Bertz CT molecular complexity index is 1210. The Balaban J connectivity index is 1.79. The van der Waals surface area contributed by atoms with Gasteiger partial charge in [-0.3, -0.25) is 4.79 Å². The predicted molar refractivity (Wildman–Crippen MR) is 122 cm³/mol. The summed E-state index contributed by atoms with van der Waals surface area (Å²) in [7, 11) is -3.56. The van der Waals surface area contributed by atoms with E-state index in [-0.39, 0.29) is 16.2 Å². The summed E-state index contributed by atoms with van der Waals surface area (Å²) in [5.41, 5.74) is 2.42. The fourth-order valence-electron chi connectivity index (χ4n) is 2.92. The smallest absolute Gasteiger partial charge is 0.322 e. The fourth-order valence-corrected chi connectivity index (χ4v) is 4.01. The molecular formula is C23H23N3O4S. The zero-order chi connectivity index (χ0) is 22.4. The van der Waals surface area contributed by atoms with Crippen LogP contribution in [0.5, 0.6) is 0 Å². The highest BCUT2D eigenvalue weighted by atomic mass is 32.2. The van der Waals surface area contributed by atoms with Gasteiger partial charge in [-0.05, 0) is 48.9 Å². The summed E-state index contributed by atoms with van der Waals surface area (Å²) in [6.07, 6.45) is 0. The summed E-state index contributed by atoms with van der Waals surface area (Å²) in [4.78, 5) is 25.1. The SMILES string of the molecule is CCS(=O)(=O)c1ccccc1C(=O)Nc1cc(NC(=O)Nc2ccccc2)ccc1C. The number of sulfone groups is 1. The van der Waals surface area contributed by atoms with E-state index in [1.54, 1.807) is 49.4 Å². The Morgan fingerprint density at radius 2 is 1.45 bits per heavy atom. The summed E-state index contributed by atoms with van der Waals surface area (Å²) in [5, 5.41) is 8.19. The van der Waals surface area contributed by atoms with Gasteiger partial charge in [-0.2, -0.15) is 0 Å². The van der Waals surface area contributed by atoms with Crippen molar-refractivity contribution in [2.24, 2.45) is 0 Å². The summed E-state index contributed by atoms with van der Waals surface area (Å²) in [6, 6.07) is 19.8. The maximum absolute atomic E-state index is 12.8. The lowest BCUT2D eigenvalue weighted by molar-refractivity contribution is 0.102. The lowest BCUT2D eigenvalue weighted by Crippen LogP contribution is -2.20. The summed E-state index contributed by atoms with van der Waals surface area (Å²) >= 11 is 0. The number of carbonyl (C=O) groups excluding carboxylic acids is 2. The van der Waals surface area contributed by atoms with Crippen LogP contribution in [0.3, 0.4) is 0 Å². The van der Waals surface area contributed by atoms with Crippen LogP contribution in [0.25, 0.3) is 0 Å². The molecule has 3 amide bonds. The molecule has 31 heavy (non-hydrogen) atoms. The lowest BCUT2D eigenvalue weighted by atomic mass is 10.1. The van der Waals surface area contributed by atoms with Gasteiger partial charge in [-0.1, -0.05) is 43.3 Å². The molecule has 0 fully saturated rings. The number of rotatable bonds is 6. The number of hydrogen-bond donors (Lipinski definition) is 3. The molecule has 0 aliphatic carbocycles. The van der Waals surface area contributed by atoms with Crippen molar-refractivity contribution in [3.8, 4) is 0 Å². The molecule has 160 valence electrons. The molecule has 3 rings (SSSR count). The summed E-state index contributed by atoms with van der Waals surface area (Å²) < 4.78 is 24.7. The summed E-state index contributed by atoms with van der Waals surface area (Å²) in [5.74, 6) is -0.645. The van der Waals surface area contributed by atoms with Crippen molar-refractivity contribution in [2.75, 3.05) is 21.7 Å². The van der Waals surface area contributed by atoms with Crippen LogP contribution in [0.4, 0.5) is 21.9 Å². The molecule has 3 N–H and O–H groups in total.